The number of hydrogen-bond donors (Lipinski definition) is 0. The number of ether oxygens (including phenoxy) is 1. The predicted molar refractivity (Wildman–Crippen MR) is 98.2 cm³/mol. The molecule has 1 aliphatic heterocycles. The second-order valence-electron chi connectivity index (χ2n) is 5.93. The molecule has 25 heavy (non-hydrogen) atoms. The molecule has 3 rings (SSSR count). The maximum atomic E-state index is 12.6. The van der Waals surface area contributed by atoms with Gasteiger partial charge in [0.05, 0.1) is 16.5 Å². The molecule has 2 aromatic rings. The summed E-state index contributed by atoms with van der Waals surface area (Å²) in [6, 6.07) is 12.7. The molecule has 6 heteroatoms. The van der Waals surface area contributed by atoms with E-state index >= 15 is 0 Å². The fourth-order valence-electron chi connectivity index (χ4n) is 2.89. The lowest BCUT2D eigenvalue weighted by molar-refractivity contribution is -0.153. The zero-order valence-corrected chi connectivity index (χ0v) is 15.2. The van der Waals surface area contributed by atoms with Crippen molar-refractivity contribution in [1.29, 1.82) is 0 Å². The number of rotatable bonds is 4. The van der Waals surface area contributed by atoms with Gasteiger partial charge in [0.1, 0.15) is 0 Å². The molecule has 0 fully saturated rings. The maximum absolute atomic E-state index is 12.6. The Balaban J connectivity index is 1.62. The average molecular weight is 378 g/mol. The van der Waals surface area contributed by atoms with Crippen LogP contribution in [0.3, 0.4) is 0 Å². The number of halogens is 2. The van der Waals surface area contributed by atoms with Crippen molar-refractivity contribution in [2.45, 2.75) is 25.9 Å². The predicted octanol–water partition coefficient (Wildman–Crippen LogP) is 4.06. The SMILES string of the molecule is C[C@H](OC(=O)Cc1ccc(Cl)c(Cl)c1)C(=O)N1CCc2ccccc21. The van der Waals surface area contributed by atoms with Crippen LogP contribution in [0.1, 0.15) is 18.1 Å². The van der Waals surface area contributed by atoms with Gasteiger partial charge in [-0.3, -0.25) is 9.59 Å². The number of para-hydroxylation sites is 1. The Morgan fingerprint density at radius 3 is 2.68 bits per heavy atom. The van der Waals surface area contributed by atoms with Crippen LogP contribution in [-0.4, -0.2) is 24.5 Å². The first kappa shape index (κ1) is 17.8. The molecule has 0 spiro atoms. The summed E-state index contributed by atoms with van der Waals surface area (Å²) in [5.41, 5.74) is 2.70. The smallest absolute Gasteiger partial charge is 0.311 e. The van der Waals surface area contributed by atoms with Crippen LogP contribution in [0.25, 0.3) is 0 Å². The molecule has 0 aromatic heterocycles. The summed E-state index contributed by atoms with van der Waals surface area (Å²) in [5.74, 6) is -0.695. The highest BCUT2D eigenvalue weighted by Crippen LogP contribution is 2.28. The van der Waals surface area contributed by atoms with Crippen molar-refractivity contribution >= 4 is 40.8 Å². The first-order chi connectivity index (χ1) is 12.0. The molecule has 2 aromatic carbocycles. The standard InChI is InChI=1S/C19H17Cl2NO3/c1-12(19(24)22-9-8-14-4-2-3-5-17(14)22)25-18(23)11-13-6-7-15(20)16(21)10-13/h2-7,10,12H,8-9,11H2,1H3/t12-/m0/s1. The fraction of sp³-hybridized carbons (Fsp3) is 0.263. The van der Waals surface area contributed by atoms with Gasteiger partial charge < -0.3 is 9.64 Å². The van der Waals surface area contributed by atoms with Gasteiger partial charge in [0, 0.05) is 12.2 Å². The van der Waals surface area contributed by atoms with Crippen LogP contribution >= 0.6 is 23.2 Å². The Morgan fingerprint density at radius 1 is 1.16 bits per heavy atom. The van der Waals surface area contributed by atoms with E-state index in [-0.39, 0.29) is 12.3 Å². The van der Waals surface area contributed by atoms with Crippen LogP contribution < -0.4 is 4.90 Å². The lowest BCUT2D eigenvalue weighted by Crippen LogP contribution is -2.39. The monoisotopic (exact) mass is 377 g/mol. The number of anilines is 1. The molecule has 1 aliphatic rings. The van der Waals surface area contributed by atoms with Gasteiger partial charge in [-0.25, -0.2) is 0 Å². The summed E-state index contributed by atoms with van der Waals surface area (Å²) >= 11 is 11.8. The third-order valence-corrected chi connectivity index (χ3v) is 4.88. The largest absolute Gasteiger partial charge is 0.452 e. The van der Waals surface area contributed by atoms with Gasteiger partial charge in [-0.15, -0.1) is 0 Å². The van der Waals surface area contributed by atoms with Crippen molar-refractivity contribution in [1.82, 2.24) is 0 Å². The van der Waals surface area contributed by atoms with Crippen molar-refractivity contribution < 1.29 is 14.3 Å². The Kier molecular flexibility index (Phi) is 5.30. The molecule has 0 saturated heterocycles. The van der Waals surface area contributed by atoms with Gasteiger partial charge in [-0.1, -0.05) is 47.5 Å². The molecule has 0 N–H and O–H groups in total. The Morgan fingerprint density at radius 2 is 1.92 bits per heavy atom. The Hall–Kier alpha value is -2.04. The van der Waals surface area contributed by atoms with Crippen molar-refractivity contribution in [3.63, 3.8) is 0 Å². The van der Waals surface area contributed by atoms with E-state index in [1.54, 1.807) is 30.0 Å². The van der Waals surface area contributed by atoms with Crippen LogP contribution in [0.5, 0.6) is 0 Å². The van der Waals surface area contributed by atoms with Gasteiger partial charge >= 0.3 is 5.97 Å². The van der Waals surface area contributed by atoms with Gasteiger partial charge in [-0.2, -0.15) is 0 Å². The second kappa shape index (κ2) is 7.46. The molecule has 1 amide bonds. The highest BCUT2D eigenvalue weighted by molar-refractivity contribution is 6.42. The lowest BCUT2D eigenvalue weighted by atomic mass is 10.1. The molecule has 0 radical (unpaired) electrons. The first-order valence-corrected chi connectivity index (χ1v) is 8.74. The number of hydrogen-bond acceptors (Lipinski definition) is 3. The van der Waals surface area contributed by atoms with E-state index in [2.05, 4.69) is 0 Å². The highest BCUT2D eigenvalue weighted by Gasteiger charge is 2.29. The molecule has 1 atom stereocenters. The second-order valence-corrected chi connectivity index (χ2v) is 6.74. The minimum Gasteiger partial charge on any atom is -0.452 e. The summed E-state index contributed by atoms with van der Waals surface area (Å²) in [4.78, 5) is 26.4. The molecule has 130 valence electrons. The topological polar surface area (TPSA) is 46.6 Å². The Bertz CT molecular complexity index is 822. The first-order valence-electron chi connectivity index (χ1n) is 7.98. The summed E-state index contributed by atoms with van der Waals surface area (Å²) in [6.45, 7) is 2.20. The molecular weight excluding hydrogens is 361 g/mol. The number of nitrogens with zero attached hydrogens (tertiary/aromatic N) is 1. The van der Waals surface area contributed by atoms with Crippen LogP contribution in [0.4, 0.5) is 5.69 Å². The molecular formula is C19H17Cl2NO3. The van der Waals surface area contributed by atoms with E-state index in [0.717, 1.165) is 17.7 Å². The van der Waals surface area contributed by atoms with E-state index in [1.165, 1.54) is 0 Å². The van der Waals surface area contributed by atoms with Crippen molar-refractivity contribution in [3.8, 4) is 0 Å². The third-order valence-electron chi connectivity index (χ3n) is 4.14. The molecule has 0 aliphatic carbocycles. The van der Waals surface area contributed by atoms with E-state index in [9.17, 15) is 9.59 Å². The zero-order valence-electron chi connectivity index (χ0n) is 13.7. The van der Waals surface area contributed by atoms with Gasteiger partial charge in [0.25, 0.3) is 5.91 Å². The van der Waals surface area contributed by atoms with Gasteiger partial charge in [0.2, 0.25) is 0 Å². The lowest BCUT2D eigenvalue weighted by Gasteiger charge is -2.21. The minimum atomic E-state index is -0.846. The summed E-state index contributed by atoms with van der Waals surface area (Å²) < 4.78 is 5.31. The summed E-state index contributed by atoms with van der Waals surface area (Å²) in [7, 11) is 0. The van der Waals surface area contributed by atoms with Crippen LogP contribution in [0.15, 0.2) is 42.5 Å². The quantitative estimate of drug-likeness (QED) is 0.754. The fourth-order valence-corrected chi connectivity index (χ4v) is 3.21. The van der Waals surface area contributed by atoms with Gasteiger partial charge in [0.15, 0.2) is 6.10 Å². The third kappa shape index (κ3) is 3.97. The van der Waals surface area contributed by atoms with E-state index < -0.39 is 12.1 Å². The number of carbonyl (C=O) groups is 2. The average Bonchev–Trinajstić information content (AvgIpc) is 3.01. The van der Waals surface area contributed by atoms with Crippen LogP contribution in [0.2, 0.25) is 10.0 Å². The van der Waals surface area contributed by atoms with Crippen LogP contribution in [-0.2, 0) is 27.2 Å². The zero-order chi connectivity index (χ0) is 18.0. The molecule has 1 heterocycles. The van der Waals surface area contributed by atoms with E-state index in [4.69, 9.17) is 27.9 Å². The summed E-state index contributed by atoms with van der Waals surface area (Å²) in [6.07, 6.45) is -0.00170. The van der Waals surface area contributed by atoms with E-state index in [0.29, 0.717) is 22.2 Å². The Labute approximate surface area is 156 Å². The molecule has 0 saturated carbocycles. The van der Waals surface area contributed by atoms with E-state index in [1.807, 2.05) is 24.3 Å². The minimum absolute atomic E-state index is 0.0328. The van der Waals surface area contributed by atoms with Crippen molar-refractivity contribution in [2.75, 3.05) is 11.4 Å². The number of esters is 1. The summed E-state index contributed by atoms with van der Waals surface area (Å²) in [5, 5.41) is 0.805. The highest BCUT2D eigenvalue weighted by atomic mass is 35.5. The molecule has 0 unspecified atom stereocenters. The maximum Gasteiger partial charge on any atom is 0.311 e. The van der Waals surface area contributed by atoms with Gasteiger partial charge in [-0.05, 0) is 42.7 Å². The number of benzene rings is 2. The normalized spacial score (nSPS) is 14.1. The van der Waals surface area contributed by atoms with Crippen molar-refractivity contribution in [3.05, 3.63) is 63.6 Å². The number of fused-ring (bicyclic) bond motifs is 1. The number of amides is 1. The number of carbonyl (C=O) groups excluding carboxylic acids is 2. The molecule has 4 nitrogen and oxygen atoms in total. The molecule has 0 bridgehead atoms. The van der Waals surface area contributed by atoms with Crippen LogP contribution in [0, 0.1) is 0 Å². The van der Waals surface area contributed by atoms with Crippen molar-refractivity contribution in [2.24, 2.45) is 0 Å².